The summed E-state index contributed by atoms with van der Waals surface area (Å²) in [6.45, 7) is 10.8. The van der Waals surface area contributed by atoms with Crippen LogP contribution in [0.1, 0.15) is 27.7 Å². The topological polar surface area (TPSA) is 29.1 Å². The van der Waals surface area contributed by atoms with Crippen molar-refractivity contribution in [3.05, 3.63) is 0 Å². The van der Waals surface area contributed by atoms with Crippen LogP contribution in [0.5, 0.6) is 0 Å². The summed E-state index contributed by atoms with van der Waals surface area (Å²) in [7, 11) is 4.23. The number of Topliss-reactive ketones (excluding diaryl/α,β-unsaturated/α-hetero) is 1. The number of hydrogen-bond donors (Lipinski definition) is 1. The largest absolute Gasteiger partial charge is 0.321 e. The Labute approximate surface area is 94.4 Å². The van der Waals surface area contributed by atoms with Gasteiger partial charge in [-0.15, -0.1) is 0 Å². The molecule has 0 unspecified atom stereocenters. The maximum Gasteiger partial charge on any atom is 0.189 e. The summed E-state index contributed by atoms with van der Waals surface area (Å²) < 4.78 is 0.775. The van der Waals surface area contributed by atoms with Crippen molar-refractivity contribution in [1.29, 1.82) is 0 Å². The van der Waals surface area contributed by atoms with E-state index >= 15 is 0 Å². The minimum Gasteiger partial charge on any atom is -0.321 e. The van der Waals surface area contributed by atoms with E-state index in [1.807, 2.05) is 13.8 Å². The van der Waals surface area contributed by atoms with E-state index in [1.165, 1.54) is 0 Å². The molecule has 0 aromatic rings. The standard InChI is InChI=1S/C12H27N2O/c1-10(2)12(15)9-14(5,6)8-7-13-11(3)4/h10-11,13H,7-9H2,1-6H3/q+1. The van der Waals surface area contributed by atoms with Gasteiger partial charge in [-0.3, -0.25) is 4.79 Å². The molecule has 3 nitrogen and oxygen atoms in total. The van der Waals surface area contributed by atoms with Crippen LogP contribution in [0.2, 0.25) is 0 Å². The predicted octanol–water partition coefficient (Wildman–Crippen LogP) is 1.29. The lowest BCUT2D eigenvalue weighted by Gasteiger charge is -2.30. The van der Waals surface area contributed by atoms with Crippen LogP contribution in [0.15, 0.2) is 0 Å². The van der Waals surface area contributed by atoms with E-state index in [0.717, 1.165) is 17.6 Å². The minimum absolute atomic E-state index is 0.153. The molecule has 0 aliphatic heterocycles. The van der Waals surface area contributed by atoms with E-state index in [9.17, 15) is 4.79 Å². The first-order valence-electron chi connectivity index (χ1n) is 5.82. The molecule has 1 N–H and O–H groups in total. The van der Waals surface area contributed by atoms with Gasteiger partial charge in [-0.05, 0) is 0 Å². The van der Waals surface area contributed by atoms with Crippen LogP contribution < -0.4 is 5.32 Å². The molecule has 15 heavy (non-hydrogen) atoms. The van der Waals surface area contributed by atoms with Gasteiger partial charge in [0.2, 0.25) is 0 Å². The average molecular weight is 215 g/mol. The molecule has 0 spiro atoms. The van der Waals surface area contributed by atoms with Gasteiger partial charge in [0.05, 0.1) is 20.6 Å². The molecular weight excluding hydrogens is 188 g/mol. The lowest BCUT2D eigenvalue weighted by molar-refractivity contribution is -0.881. The quantitative estimate of drug-likeness (QED) is 0.648. The molecule has 0 rings (SSSR count). The highest BCUT2D eigenvalue weighted by Gasteiger charge is 2.21. The van der Waals surface area contributed by atoms with Crippen LogP contribution in [0.3, 0.4) is 0 Å². The Hall–Kier alpha value is -0.410. The Bertz CT molecular complexity index is 198. The Balaban J connectivity index is 3.91. The van der Waals surface area contributed by atoms with Crippen molar-refractivity contribution in [3.8, 4) is 0 Å². The highest BCUT2D eigenvalue weighted by atomic mass is 16.1. The van der Waals surface area contributed by atoms with Gasteiger partial charge in [-0.25, -0.2) is 0 Å². The highest BCUT2D eigenvalue weighted by Crippen LogP contribution is 2.02. The van der Waals surface area contributed by atoms with E-state index < -0.39 is 0 Å². The van der Waals surface area contributed by atoms with Crippen LogP contribution in [-0.4, -0.2) is 50.0 Å². The third-order valence-electron chi connectivity index (χ3n) is 2.50. The molecule has 0 amide bonds. The molecule has 0 bridgehead atoms. The fourth-order valence-corrected chi connectivity index (χ4v) is 1.34. The highest BCUT2D eigenvalue weighted by molar-refractivity contribution is 5.81. The van der Waals surface area contributed by atoms with Crippen molar-refractivity contribution in [2.75, 3.05) is 33.7 Å². The number of ketones is 1. The first-order chi connectivity index (χ1) is 6.74. The first-order valence-corrected chi connectivity index (χ1v) is 5.82. The van der Waals surface area contributed by atoms with Crippen molar-refractivity contribution in [3.63, 3.8) is 0 Å². The van der Waals surface area contributed by atoms with Crippen LogP contribution in [0.25, 0.3) is 0 Å². The number of likely N-dealkylation sites (N-methyl/N-ethyl adjacent to an activating group) is 1. The second kappa shape index (κ2) is 6.23. The number of carbonyl (C=O) groups is 1. The maximum absolute atomic E-state index is 11.6. The van der Waals surface area contributed by atoms with Gasteiger partial charge in [0, 0.05) is 18.5 Å². The van der Waals surface area contributed by atoms with Gasteiger partial charge in [-0.1, -0.05) is 27.7 Å². The molecule has 0 saturated heterocycles. The molecular formula is C12H27N2O+. The first kappa shape index (κ1) is 14.6. The monoisotopic (exact) mass is 215 g/mol. The Kier molecular flexibility index (Phi) is 6.06. The zero-order valence-electron chi connectivity index (χ0n) is 11.1. The summed E-state index contributed by atoms with van der Waals surface area (Å²) in [5.41, 5.74) is 0. The fraction of sp³-hybridized carbons (Fsp3) is 0.917. The fourth-order valence-electron chi connectivity index (χ4n) is 1.34. The predicted molar refractivity (Wildman–Crippen MR) is 64.8 cm³/mol. The molecule has 0 atom stereocenters. The molecule has 0 aromatic heterocycles. The van der Waals surface area contributed by atoms with Crippen molar-refractivity contribution >= 4 is 5.78 Å². The number of carbonyl (C=O) groups excluding carboxylic acids is 1. The average Bonchev–Trinajstić information content (AvgIpc) is 2.01. The third-order valence-corrected chi connectivity index (χ3v) is 2.50. The molecule has 90 valence electrons. The van der Waals surface area contributed by atoms with E-state index in [4.69, 9.17) is 0 Å². The molecule has 3 heteroatoms. The number of quaternary nitrogens is 1. The summed E-state index contributed by atoms with van der Waals surface area (Å²) in [5.74, 6) is 0.505. The van der Waals surface area contributed by atoms with Crippen LogP contribution in [0, 0.1) is 5.92 Å². The smallest absolute Gasteiger partial charge is 0.189 e. The number of rotatable bonds is 7. The van der Waals surface area contributed by atoms with Crippen LogP contribution in [0.4, 0.5) is 0 Å². The van der Waals surface area contributed by atoms with Gasteiger partial charge in [0.15, 0.2) is 5.78 Å². The Morgan fingerprint density at radius 1 is 1.20 bits per heavy atom. The number of nitrogens with one attached hydrogen (secondary N) is 1. The van der Waals surface area contributed by atoms with Gasteiger partial charge >= 0.3 is 0 Å². The minimum atomic E-state index is 0.153. The van der Waals surface area contributed by atoms with Crippen LogP contribution >= 0.6 is 0 Å². The molecule has 0 fully saturated rings. The lowest BCUT2D eigenvalue weighted by atomic mass is 10.1. The third kappa shape index (κ3) is 7.51. The van der Waals surface area contributed by atoms with E-state index in [0.29, 0.717) is 18.4 Å². The zero-order valence-corrected chi connectivity index (χ0v) is 11.1. The molecule has 0 saturated carbocycles. The maximum atomic E-state index is 11.6. The van der Waals surface area contributed by atoms with E-state index in [1.54, 1.807) is 0 Å². The normalized spacial score (nSPS) is 12.5. The van der Waals surface area contributed by atoms with Gasteiger partial charge in [0.1, 0.15) is 6.54 Å². The Morgan fingerprint density at radius 3 is 2.13 bits per heavy atom. The van der Waals surface area contributed by atoms with Crippen LogP contribution in [-0.2, 0) is 4.79 Å². The second-order valence-electron chi connectivity index (χ2n) is 5.55. The van der Waals surface area contributed by atoms with Crippen molar-refractivity contribution < 1.29 is 9.28 Å². The van der Waals surface area contributed by atoms with Crippen molar-refractivity contribution in [1.82, 2.24) is 5.32 Å². The summed E-state index contributed by atoms with van der Waals surface area (Å²) in [6, 6.07) is 0.519. The zero-order chi connectivity index (χ0) is 12.1. The summed E-state index contributed by atoms with van der Waals surface area (Å²) in [5, 5.41) is 3.38. The summed E-state index contributed by atoms with van der Waals surface area (Å²) >= 11 is 0. The molecule has 0 aliphatic carbocycles. The lowest BCUT2D eigenvalue weighted by Crippen LogP contribution is -2.49. The van der Waals surface area contributed by atoms with Crippen molar-refractivity contribution in [2.24, 2.45) is 5.92 Å². The molecule has 0 aromatic carbocycles. The molecule has 0 aliphatic rings. The van der Waals surface area contributed by atoms with Gasteiger partial charge < -0.3 is 9.80 Å². The summed E-state index contributed by atoms with van der Waals surface area (Å²) in [6.07, 6.45) is 0. The summed E-state index contributed by atoms with van der Waals surface area (Å²) in [4.78, 5) is 11.6. The van der Waals surface area contributed by atoms with Crippen molar-refractivity contribution in [2.45, 2.75) is 33.7 Å². The number of hydrogen-bond acceptors (Lipinski definition) is 2. The van der Waals surface area contributed by atoms with Gasteiger partial charge in [-0.2, -0.15) is 0 Å². The van der Waals surface area contributed by atoms with E-state index in [2.05, 4.69) is 33.3 Å². The van der Waals surface area contributed by atoms with E-state index in [-0.39, 0.29) is 5.92 Å². The Morgan fingerprint density at radius 2 is 1.73 bits per heavy atom. The second-order valence-corrected chi connectivity index (χ2v) is 5.55. The van der Waals surface area contributed by atoms with Gasteiger partial charge in [0.25, 0.3) is 0 Å². The molecule has 0 radical (unpaired) electrons. The molecule has 0 heterocycles. The SMILES string of the molecule is CC(C)NCC[N+](C)(C)CC(=O)C(C)C. The number of nitrogens with zero attached hydrogens (tertiary/aromatic N) is 1.